The van der Waals surface area contributed by atoms with Crippen LogP contribution >= 0.6 is 0 Å². The third-order valence-electron chi connectivity index (χ3n) is 2.21. The first-order chi connectivity index (χ1) is 7.36. The van der Waals surface area contributed by atoms with Gasteiger partial charge in [-0.25, -0.2) is 4.98 Å². The van der Waals surface area contributed by atoms with Gasteiger partial charge < -0.3 is 5.21 Å². The van der Waals surface area contributed by atoms with Crippen molar-refractivity contribution in [1.82, 2.24) is 25.1 Å². The summed E-state index contributed by atoms with van der Waals surface area (Å²) < 4.78 is 0.962. The second kappa shape index (κ2) is 2.81. The van der Waals surface area contributed by atoms with Crippen LogP contribution in [0.5, 0.6) is 0 Å². The summed E-state index contributed by atoms with van der Waals surface area (Å²) in [6.07, 6.45) is 2.99. The van der Waals surface area contributed by atoms with Crippen LogP contribution in [0.2, 0.25) is 0 Å². The number of benzene rings is 1. The zero-order valence-electron chi connectivity index (χ0n) is 7.62. The van der Waals surface area contributed by atoms with Gasteiger partial charge in [-0.3, -0.25) is 0 Å². The largest absolute Gasteiger partial charge is 0.427 e. The van der Waals surface area contributed by atoms with E-state index in [9.17, 15) is 5.21 Å². The number of fused-ring (bicyclic) bond motifs is 1. The molecule has 0 saturated heterocycles. The number of nitrogens with one attached hydrogen (secondary N) is 1. The standard InChI is InChI=1S/C9H7N5O/c15-14-5-4-10-9(14)6-2-1-3-7-8(6)12-13-11-7/h1-5,15H,(H,11,12,13). The van der Waals surface area contributed by atoms with E-state index in [1.165, 1.54) is 12.4 Å². The molecule has 3 rings (SSSR count). The smallest absolute Gasteiger partial charge is 0.177 e. The Morgan fingerprint density at radius 2 is 2.20 bits per heavy atom. The maximum Gasteiger partial charge on any atom is 0.177 e. The van der Waals surface area contributed by atoms with Gasteiger partial charge in [0.2, 0.25) is 0 Å². The van der Waals surface area contributed by atoms with Crippen molar-refractivity contribution >= 4 is 11.0 Å². The van der Waals surface area contributed by atoms with Crippen LogP contribution in [0, 0.1) is 0 Å². The van der Waals surface area contributed by atoms with Crippen LogP contribution in [0.15, 0.2) is 30.6 Å². The van der Waals surface area contributed by atoms with Crippen LogP contribution in [0.1, 0.15) is 0 Å². The molecule has 0 radical (unpaired) electrons. The Morgan fingerprint density at radius 1 is 1.27 bits per heavy atom. The van der Waals surface area contributed by atoms with Crippen molar-refractivity contribution in [2.75, 3.05) is 0 Å². The SMILES string of the molecule is On1ccnc1-c1cccc2n[nH]nc12. The Kier molecular flexibility index (Phi) is 1.49. The van der Waals surface area contributed by atoms with E-state index >= 15 is 0 Å². The lowest BCUT2D eigenvalue weighted by atomic mass is 10.2. The third-order valence-corrected chi connectivity index (χ3v) is 2.21. The first kappa shape index (κ1) is 7.98. The average Bonchev–Trinajstić information content (AvgIpc) is 2.85. The molecule has 0 spiro atoms. The molecule has 0 fully saturated rings. The number of aromatic nitrogens is 5. The maximum atomic E-state index is 9.50. The number of hydrogen-bond donors (Lipinski definition) is 2. The van der Waals surface area contributed by atoms with E-state index in [1.807, 2.05) is 18.2 Å². The summed E-state index contributed by atoms with van der Waals surface area (Å²) in [5, 5.41) is 20.0. The van der Waals surface area contributed by atoms with Crippen molar-refractivity contribution in [1.29, 1.82) is 0 Å². The monoisotopic (exact) mass is 201 g/mol. The zero-order valence-corrected chi connectivity index (χ0v) is 7.62. The number of aromatic amines is 1. The topological polar surface area (TPSA) is 79.6 Å². The van der Waals surface area contributed by atoms with Gasteiger partial charge in [0.25, 0.3) is 0 Å². The summed E-state index contributed by atoms with van der Waals surface area (Å²) >= 11 is 0. The van der Waals surface area contributed by atoms with Crippen molar-refractivity contribution < 1.29 is 5.21 Å². The normalized spacial score (nSPS) is 10.9. The number of H-pyrrole nitrogens is 1. The Morgan fingerprint density at radius 3 is 3.00 bits per heavy atom. The van der Waals surface area contributed by atoms with Crippen molar-refractivity contribution in [3.05, 3.63) is 30.6 Å². The number of hydrogen-bond acceptors (Lipinski definition) is 4. The van der Waals surface area contributed by atoms with Crippen LogP contribution in [0.4, 0.5) is 0 Å². The molecule has 6 nitrogen and oxygen atoms in total. The van der Waals surface area contributed by atoms with Gasteiger partial charge in [0.1, 0.15) is 11.0 Å². The van der Waals surface area contributed by atoms with Crippen LogP contribution in [-0.4, -0.2) is 30.3 Å². The van der Waals surface area contributed by atoms with Gasteiger partial charge in [-0.15, -0.1) is 0 Å². The van der Waals surface area contributed by atoms with Crippen LogP contribution < -0.4 is 0 Å². The fraction of sp³-hybridized carbons (Fsp3) is 0. The molecule has 0 unspecified atom stereocenters. The molecule has 0 amide bonds. The molecule has 0 aliphatic heterocycles. The minimum Gasteiger partial charge on any atom is -0.427 e. The Hall–Kier alpha value is -2.37. The molecule has 6 heteroatoms. The molecule has 15 heavy (non-hydrogen) atoms. The van der Waals surface area contributed by atoms with E-state index < -0.39 is 0 Å². The predicted molar refractivity (Wildman–Crippen MR) is 52.3 cm³/mol. The molecule has 2 heterocycles. The average molecular weight is 201 g/mol. The maximum absolute atomic E-state index is 9.50. The highest BCUT2D eigenvalue weighted by atomic mass is 16.5. The molecule has 1 aromatic carbocycles. The highest BCUT2D eigenvalue weighted by Crippen LogP contribution is 2.23. The van der Waals surface area contributed by atoms with Crippen LogP contribution in [-0.2, 0) is 0 Å². The Labute approximate surface area is 84.1 Å². The van der Waals surface area contributed by atoms with Crippen molar-refractivity contribution in [3.63, 3.8) is 0 Å². The second-order valence-electron chi connectivity index (χ2n) is 3.09. The highest BCUT2D eigenvalue weighted by molar-refractivity contribution is 5.88. The van der Waals surface area contributed by atoms with Crippen LogP contribution in [0.3, 0.4) is 0 Å². The molecule has 0 aliphatic carbocycles. The van der Waals surface area contributed by atoms with Gasteiger partial charge in [0.05, 0.1) is 11.8 Å². The van der Waals surface area contributed by atoms with Gasteiger partial charge in [-0.2, -0.15) is 20.1 Å². The number of para-hydroxylation sites is 1. The van der Waals surface area contributed by atoms with Gasteiger partial charge in [0, 0.05) is 6.20 Å². The lowest BCUT2D eigenvalue weighted by molar-refractivity contribution is 0.191. The Bertz CT molecular complexity index is 612. The summed E-state index contributed by atoms with van der Waals surface area (Å²) in [6.45, 7) is 0. The number of nitrogens with zero attached hydrogens (tertiary/aromatic N) is 4. The molecule has 0 saturated carbocycles. The first-order valence-electron chi connectivity index (χ1n) is 4.39. The van der Waals surface area contributed by atoms with Gasteiger partial charge in [-0.1, -0.05) is 6.07 Å². The zero-order chi connectivity index (χ0) is 10.3. The molecule has 0 atom stereocenters. The summed E-state index contributed by atoms with van der Waals surface area (Å²) in [5.74, 6) is 0.453. The van der Waals surface area contributed by atoms with Crippen molar-refractivity contribution in [2.24, 2.45) is 0 Å². The molecule has 2 N–H and O–H groups in total. The van der Waals surface area contributed by atoms with E-state index in [-0.39, 0.29) is 0 Å². The van der Waals surface area contributed by atoms with Crippen LogP contribution in [0.25, 0.3) is 22.4 Å². The fourth-order valence-corrected chi connectivity index (χ4v) is 1.54. The minimum atomic E-state index is 0.453. The van der Waals surface area contributed by atoms with E-state index in [0.29, 0.717) is 11.3 Å². The van der Waals surface area contributed by atoms with E-state index in [1.54, 1.807) is 0 Å². The lowest BCUT2D eigenvalue weighted by Gasteiger charge is -1.99. The number of imidazole rings is 1. The molecular formula is C9H7N5O. The molecule has 0 aliphatic rings. The van der Waals surface area contributed by atoms with E-state index in [0.717, 1.165) is 15.8 Å². The summed E-state index contributed by atoms with van der Waals surface area (Å²) in [7, 11) is 0. The predicted octanol–water partition coefficient (Wildman–Crippen LogP) is 1.06. The molecular weight excluding hydrogens is 194 g/mol. The lowest BCUT2D eigenvalue weighted by Crippen LogP contribution is -1.93. The van der Waals surface area contributed by atoms with Crippen molar-refractivity contribution in [2.45, 2.75) is 0 Å². The quantitative estimate of drug-likeness (QED) is 0.577. The number of rotatable bonds is 1. The first-order valence-corrected chi connectivity index (χ1v) is 4.39. The summed E-state index contributed by atoms with van der Waals surface area (Å²) in [4.78, 5) is 4.05. The van der Waals surface area contributed by atoms with Gasteiger partial charge in [0.15, 0.2) is 5.82 Å². The molecule has 3 aromatic rings. The van der Waals surface area contributed by atoms with Crippen molar-refractivity contribution in [3.8, 4) is 11.4 Å². The second-order valence-corrected chi connectivity index (χ2v) is 3.09. The molecule has 74 valence electrons. The van der Waals surface area contributed by atoms with E-state index in [2.05, 4.69) is 20.4 Å². The highest BCUT2D eigenvalue weighted by Gasteiger charge is 2.11. The fourth-order valence-electron chi connectivity index (χ4n) is 1.54. The Balaban J connectivity index is 2.36. The third kappa shape index (κ3) is 1.08. The van der Waals surface area contributed by atoms with Gasteiger partial charge in [-0.05, 0) is 12.1 Å². The summed E-state index contributed by atoms with van der Waals surface area (Å²) in [5.41, 5.74) is 2.18. The van der Waals surface area contributed by atoms with E-state index in [4.69, 9.17) is 0 Å². The minimum absolute atomic E-state index is 0.453. The molecule has 0 bridgehead atoms. The summed E-state index contributed by atoms with van der Waals surface area (Å²) in [6, 6.07) is 5.52. The van der Waals surface area contributed by atoms with Gasteiger partial charge >= 0.3 is 0 Å². The molecule has 2 aromatic heterocycles.